The van der Waals surface area contributed by atoms with Gasteiger partial charge in [-0.3, -0.25) is 0 Å². The predicted molar refractivity (Wildman–Crippen MR) is 59.0 cm³/mol. The molecule has 1 aliphatic heterocycles. The molecule has 1 fully saturated rings. The van der Waals surface area contributed by atoms with Gasteiger partial charge in [-0.25, -0.2) is 4.98 Å². The maximum atomic E-state index is 12.5. The van der Waals surface area contributed by atoms with Crippen molar-refractivity contribution in [1.82, 2.24) is 4.98 Å². The fourth-order valence-corrected chi connectivity index (χ4v) is 2.74. The van der Waals surface area contributed by atoms with Crippen LogP contribution >= 0.6 is 11.3 Å². The zero-order chi connectivity index (χ0) is 12.5. The fourth-order valence-electron chi connectivity index (χ4n) is 1.91. The molecule has 0 atom stereocenters. The number of piperidine rings is 1. The number of aliphatic hydroxyl groups excluding tert-OH is 1. The van der Waals surface area contributed by atoms with Gasteiger partial charge in [-0.15, -0.1) is 0 Å². The molecule has 0 aliphatic carbocycles. The molecule has 1 aromatic heterocycles. The van der Waals surface area contributed by atoms with Crippen LogP contribution in [0.25, 0.3) is 0 Å². The maximum absolute atomic E-state index is 12.5. The molecule has 2 rings (SSSR count). The smallest absolute Gasteiger partial charge is 0.391 e. The van der Waals surface area contributed by atoms with E-state index < -0.39 is 12.1 Å². The number of aromatic nitrogens is 1. The standard InChI is InChI=1S/C10H13F3N2OS/c11-10(12,13)7-1-3-15(4-2-7)9-14-5-8(6-16)17-9/h5,7,16H,1-4,6H2. The fraction of sp³-hybridized carbons (Fsp3) is 0.700. The van der Waals surface area contributed by atoms with E-state index in [4.69, 9.17) is 5.11 Å². The molecule has 3 nitrogen and oxygen atoms in total. The molecule has 0 bridgehead atoms. The summed E-state index contributed by atoms with van der Waals surface area (Å²) in [6.07, 6.45) is -2.27. The van der Waals surface area contributed by atoms with E-state index in [9.17, 15) is 13.2 Å². The minimum absolute atomic E-state index is 0.0727. The first-order chi connectivity index (χ1) is 8.00. The Balaban J connectivity index is 1.95. The van der Waals surface area contributed by atoms with E-state index in [-0.39, 0.29) is 19.4 Å². The highest BCUT2D eigenvalue weighted by molar-refractivity contribution is 7.15. The van der Waals surface area contributed by atoms with Gasteiger partial charge >= 0.3 is 6.18 Å². The van der Waals surface area contributed by atoms with Crippen molar-refractivity contribution in [3.05, 3.63) is 11.1 Å². The Morgan fingerprint density at radius 1 is 1.41 bits per heavy atom. The summed E-state index contributed by atoms with van der Waals surface area (Å²) >= 11 is 1.33. The van der Waals surface area contributed by atoms with Gasteiger partial charge in [0.05, 0.1) is 17.4 Å². The Morgan fingerprint density at radius 3 is 2.53 bits per heavy atom. The minimum atomic E-state index is -4.08. The van der Waals surface area contributed by atoms with Crippen LogP contribution in [-0.2, 0) is 6.61 Å². The molecule has 0 saturated carbocycles. The lowest BCUT2D eigenvalue weighted by Gasteiger charge is -2.32. The molecule has 1 saturated heterocycles. The van der Waals surface area contributed by atoms with Crippen LogP contribution in [0.15, 0.2) is 6.20 Å². The molecule has 0 radical (unpaired) electrons. The van der Waals surface area contributed by atoms with E-state index in [1.807, 2.05) is 4.90 Å². The molecule has 0 amide bonds. The number of thiazole rings is 1. The first-order valence-corrected chi connectivity index (χ1v) is 6.19. The normalized spacial score (nSPS) is 18.7. The first-order valence-electron chi connectivity index (χ1n) is 5.38. The molecule has 1 aromatic rings. The lowest BCUT2D eigenvalue weighted by atomic mass is 9.97. The van der Waals surface area contributed by atoms with Crippen LogP contribution in [0.3, 0.4) is 0 Å². The number of halogens is 3. The molecule has 0 spiro atoms. The van der Waals surface area contributed by atoms with Crippen molar-refractivity contribution in [2.75, 3.05) is 18.0 Å². The minimum Gasteiger partial charge on any atom is -0.391 e. The molecule has 1 N–H and O–H groups in total. The summed E-state index contributed by atoms with van der Waals surface area (Å²) in [6, 6.07) is 0. The van der Waals surface area contributed by atoms with Crippen molar-refractivity contribution in [2.24, 2.45) is 5.92 Å². The van der Waals surface area contributed by atoms with Crippen molar-refractivity contribution in [3.63, 3.8) is 0 Å². The molecular formula is C10H13F3N2OS. The summed E-state index contributed by atoms with van der Waals surface area (Å²) in [5.41, 5.74) is 0. The average Bonchev–Trinajstić information content (AvgIpc) is 2.76. The van der Waals surface area contributed by atoms with Crippen molar-refractivity contribution >= 4 is 16.5 Å². The molecule has 96 valence electrons. The van der Waals surface area contributed by atoms with Crippen molar-refractivity contribution < 1.29 is 18.3 Å². The van der Waals surface area contributed by atoms with Gasteiger partial charge in [0.2, 0.25) is 0 Å². The van der Waals surface area contributed by atoms with Gasteiger partial charge in [0.25, 0.3) is 0 Å². The Kier molecular flexibility index (Phi) is 3.58. The van der Waals surface area contributed by atoms with Gasteiger partial charge in [-0.1, -0.05) is 11.3 Å². The number of aliphatic hydroxyl groups is 1. The Morgan fingerprint density at radius 2 is 2.06 bits per heavy atom. The van der Waals surface area contributed by atoms with Gasteiger partial charge in [0, 0.05) is 19.3 Å². The number of nitrogens with zero attached hydrogens (tertiary/aromatic N) is 2. The van der Waals surface area contributed by atoms with Crippen LogP contribution in [0.1, 0.15) is 17.7 Å². The van der Waals surface area contributed by atoms with Crippen molar-refractivity contribution in [3.8, 4) is 0 Å². The highest BCUT2D eigenvalue weighted by Crippen LogP contribution is 2.36. The van der Waals surface area contributed by atoms with Crippen LogP contribution in [0.5, 0.6) is 0 Å². The van der Waals surface area contributed by atoms with Crippen LogP contribution < -0.4 is 4.90 Å². The van der Waals surface area contributed by atoms with E-state index >= 15 is 0 Å². The second kappa shape index (κ2) is 4.81. The van der Waals surface area contributed by atoms with E-state index in [1.54, 1.807) is 6.20 Å². The Hall–Kier alpha value is -0.820. The third-order valence-electron chi connectivity index (χ3n) is 2.93. The van der Waals surface area contributed by atoms with E-state index in [1.165, 1.54) is 11.3 Å². The molecule has 0 aromatic carbocycles. The third kappa shape index (κ3) is 2.90. The monoisotopic (exact) mass is 266 g/mol. The number of alkyl halides is 3. The number of rotatable bonds is 2. The predicted octanol–water partition coefficient (Wildman–Crippen LogP) is 2.41. The number of anilines is 1. The van der Waals surface area contributed by atoms with Gasteiger partial charge < -0.3 is 10.0 Å². The quantitative estimate of drug-likeness (QED) is 0.893. The molecule has 2 heterocycles. The number of hydrogen-bond donors (Lipinski definition) is 1. The molecule has 7 heteroatoms. The molecule has 1 aliphatic rings. The Bertz CT molecular complexity index is 372. The van der Waals surface area contributed by atoms with Crippen molar-refractivity contribution in [2.45, 2.75) is 25.6 Å². The zero-order valence-corrected chi connectivity index (χ0v) is 9.89. The Labute approximate surface area is 101 Å². The lowest BCUT2D eigenvalue weighted by molar-refractivity contribution is -0.179. The molecule has 0 unspecified atom stereocenters. The number of hydrogen-bond acceptors (Lipinski definition) is 4. The van der Waals surface area contributed by atoms with E-state index in [0.29, 0.717) is 18.2 Å². The van der Waals surface area contributed by atoms with E-state index in [2.05, 4.69) is 4.98 Å². The SMILES string of the molecule is OCc1cnc(N2CCC(C(F)(F)F)CC2)s1. The topological polar surface area (TPSA) is 36.4 Å². The van der Waals surface area contributed by atoms with Crippen LogP contribution in [0, 0.1) is 5.92 Å². The van der Waals surface area contributed by atoms with Crippen LogP contribution in [0.4, 0.5) is 18.3 Å². The van der Waals surface area contributed by atoms with Gasteiger partial charge in [0.1, 0.15) is 0 Å². The van der Waals surface area contributed by atoms with Gasteiger partial charge in [0.15, 0.2) is 5.13 Å². The molecule has 17 heavy (non-hydrogen) atoms. The largest absolute Gasteiger partial charge is 0.391 e. The summed E-state index contributed by atoms with van der Waals surface area (Å²) in [5.74, 6) is -1.18. The summed E-state index contributed by atoms with van der Waals surface area (Å²) in [6.45, 7) is 0.682. The van der Waals surface area contributed by atoms with Crippen molar-refractivity contribution in [1.29, 1.82) is 0 Å². The molecular weight excluding hydrogens is 253 g/mol. The zero-order valence-electron chi connectivity index (χ0n) is 9.07. The highest BCUT2D eigenvalue weighted by atomic mass is 32.1. The third-order valence-corrected chi connectivity index (χ3v) is 3.97. The summed E-state index contributed by atoms with van der Waals surface area (Å²) < 4.78 is 37.4. The first kappa shape index (κ1) is 12.6. The summed E-state index contributed by atoms with van der Waals surface area (Å²) in [7, 11) is 0. The van der Waals surface area contributed by atoms with Crippen LogP contribution in [-0.4, -0.2) is 29.4 Å². The second-order valence-electron chi connectivity index (χ2n) is 4.07. The lowest BCUT2D eigenvalue weighted by Crippen LogP contribution is -2.38. The highest BCUT2D eigenvalue weighted by Gasteiger charge is 2.41. The van der Waals surface area contributed by atoms with E-state index in [0.717, 1.165) is 4.88 Å². The van der Waals surface area contributed by atoms with Gasteiger partial charge in [-0.05, 0) is 12.8 Å². The maximum Gasteiger partial charge on any atom is 0.391 e. The summed E-state index contributed by atoms with van der Waals surface area (Å²) in [4.78, 5) is 6.69. The van der Waals surface area contributed by atoms with Gasteiger partial charge in [-0.2, -0.15) is 13.2 Å². The summed E-state index contributed by atoms with van der Waals surface area (Å²) in [5, 5.41) is 9.60. The second-order valence-corrected chi connectivity index (χ2v) is 5.16. The van der Waals surface area contributed by atoms with Crippen LogP contribution in [0.2, 0.25) is 0 Å². The average molecular weight is 266 g/mol.